The van der Waals surface area contributed by atoms with Gasteiger partial charge in [0.05, 0.1) is 23.1 Å². The first-order valence-electron chi connectivity index (χ1n) is 15.1. The van der Waals surface area contributed by atoms with E-state index in [0.717, 1.165) is 53.7 Å². The Labute approximate surface area is 264 Å². The molecule has 2 aromatic rings. The molecule has 0 amide bonds. The van der Waals surface area contributed by atoms with Crippen LogP contribution in [0.15, 0.2) is 78.6 Å². The molecule has 1 aromatic heterocycles. The molecule has 0 saturated heterocycles. The van der Waals surface area contributed by atoms with Crippen molar-refractivity contribution in [1.82, 2.24) is 14.7 Å². The summed E-state index contributed by atoms with van der Waals surface area (Å²) in [5.74, 6) is -1.93. The number of aryl methyl sites for hydroxylation is 1. The second-order valence-electron chi connectivity index (χ2n) is 11.2. The Kier molecular flexibility index (Phi) is 11.7. The van der Waals surface area contributed by atoms with E-state index < -0.39 is 23.6 Å². The third-order valence-corrected chi connectivity index (χ3v) is 7.83. The molecule has 45 heavy (non-hydrogen) atoms. The van der Waals surface area contributed by atoms with Crippen LogP contribution in [0.5, 0.6) is 5.75 Å². The third-order valence-electron chi connectivity index (χ3n) is 7.83. The first-order valence-corrected chi connectivity index (χ1v) is 15.1. The van der Waals surface area contributed by atoms with Crippen LogP contribution in [-0.2, 0) is 17.6 Å². The Bertz CT molecular complexity index is 1520. The predicted octanol–water partition coefficient (Wildman–Crippen LogP) is 7.90. The molecule has 1 saturated carbocycles. The van der Waals surface area contributed by atoms with Gasteiger partial charge in [-0.2, -0.15) is 5.10 Å². The average Bonchev–Trinajstić information content (AvgIpc) is 3.78. The topological polar surface area (TPSA) is 76.5 Å². The van der Waals surface area contributed by atoms with Gasteiger partial charge in [-0.15, -0.1) is 13.2 Å². The molecule has 2 heterocycles. The van der Waals surface area contributed by atoms with Gasteiger partial charge in [-0.3, -0.25) is 0 Å². The van der Waals surface area contributed by atoms with Gasteiger partial charge in [-0.1, -0.05) is 45.6 Å². The molecule has 3 N–H and O–H groups in total. The number of aromatic nitrogens is 2. The Morgan fingerprint density at radius 3 is 2.38 bits per heavy atom. The SMILES string of the molecule is C=C(OC(F)(F)F)/C(F)=C(N)\C(=C/C)C(=C)N1CCc2c(c(CCC)nn2-c2ccc(C3CC3)cc2O)C1CC.[B]=C(C)C=C. The fourth-order valence-corrected chi connectivity index (χ4v) is 5.52. The van der Waals surface area contributed by atoms with Gasteiger partial charge in [0.15, 0.2) is 11.6 Å². The van der Waals surface area contributed by atoms with Gasteiger partial charge in [-0.05, 0) is 56.2 Å². The van der Waals surface area contributed by atoms with Gasteiger partial charge >= 0.3 is 38.9 Å². The van der Waals surface area contributed by atoms with Crippen molar-refractivity contribution in [2.24, 2.45) is 5.73 Å². The maximum absolute atomic E-state index is 14.9. The van der Waals surface area contributed by atoms with Crippen molar-refractivity contribution in [3.63, 3.8) is 0 Å². The molecule has 1 aromatic carbocycles. The van der Waals surface area contributed by atoms with Gasteiger partial charge < -0.3 is 20.5 Å². The van der Waals surface area contributed by atoms with Crippen LogP contribution in [0.4, 0.5) is 17.6 Å². The Hall–Kier alpha value is -4.02. The van der Waals surface area contributed by atoms with Crippen LogP contribution < -0.4 is 5.73 Å². The fraction of sp³-hybridized carbons (Fsp3) is 0.412. The van der Waals surface area contributed by atoms with Crippen LogP contribution in [0.2, 0.25) is 0 Å². The van der Waals surface area contributed by atoms with Crippen molar-refractivity contribution in [2.75, 3.05) is 6.54 Å². The summed E-state index contributed by atoms with van der Waals surface area (Å²) in [5, 5.41) is 15.9. The van der Waals surface area contributed by atoms with Gasteiger partial charge in [0.25, 0.3) is 0 Å². The van der Waals surface area contributed by atoms with E-state index in [9.17, 15) is 22.7 Å². The van der Waals surface area contributed by atoms with E-state index in [1.807, 2.05) is 34.7 Å². The van der Waals surface area contributed by atoms with E-state index in [1.165, 1.54) is 6.08 Å². The second-order valence-corrected chi connectivity index (χ2v) is 11.2. The molecule has 0 spiro atoms. The molecule has 1 unspecified atom stereocenters. The zero-order valence-electron chi connectivity index (χ0n) is 26.5. The van der Waals surface area contributed by atoms with Crippen molar-refractivity contribution >= 4 is 13.0 Å². The normalized spacial score (nSPS) is 17.0. The van der Waals surface area contributed by atoms with Crippen molar-refractivity contribution in [3.8, 4) is 11.4 Å². The molecular formula is C34H42BF4N4O2. The fourth-order valence-electron chi connectivity index (χ4n) is 5.52. The zero-order chi connectivity index (χ0) is 33.6. The summed E-state index contributed by atoms with van der Waals surface area (Å²) < 4.78 is 58.2. The number of phenolic OH excluding ortho intramolecular Hbond substituents is 1. The summed E-state index contributed by atoms with van der Waals surface area (Å²) >= 11 is 0. The predicted molar refractivity (Wildman–Crippen MR) is 173 cm³/mol. The third kappa shape index (κ3) is 8.38. The summed E-state index contributed by atoms with van der Waals surface area (Å²) in [5.41, 5.74) is 11.4. The number of halogens is 4. The summed E-state index contributed by atoms with van der Waals surface area (Å²) in [7, 11) is 5.09. The molecule has 6 nitrogen and oxygen atoms in total. The number of allylic oxidation sites excluding steroid dienone is 3. The van der Waals surface area contributed by atoms with Crippen molar-refractivity contribution in [2.45, 2.75) is 84.5 Å². The second kappa shape index (κ2) is 14.8. The van der Waals surface area contributed by atoms with Crippen molar-refractivity contribution in [3.05, 3.63) is 101 Å². The first-order chi connectivity index (χ1) is 21.2. The number of hydrogen-bond donors (Lipinski definition) is 2. The molecule has 1 fully saturated rings. The maximum atomic E-state index is 14.9. The number of benzene rings is 1. The van der Waals surface area contributed by atoms with Gasteiger partial charge in [0, 0.05) is 29.8 Å². The van der Waals surface area contributed by atoms with Crippen LogP contribution in [0.3, 0.4) is 0 Å². The quantitative estimate of drug-likeness (QED) is 0.115. The Morgan fingerprint density at radius 1 is 1.24 bits per heavy atom. The standard InChI is InChI=1S/C30H36F4N4O2.C4H6B/c1-6-9-22-27-23(8-3)37(17(4)21(7-2)29(35)28(31)18(5)40-30(32,33)34)15-14-25(27)38(36-22)24-13-12-20(16-26(24)39)19-10-11-19;1-3-4(2)5/h7,12-13,16,19,23,39H,4-6,8-11,14-15,35H2,1-3H3;3H,1H2,2H3/b21-7-,29-28-;. The molecule has 1 aliphatic heterocycles. The minimum atomic E-state index is -5.10. The van der Waals surface area contributed by atoms with E-state index >= 15 is 0 Å². The van der Waals surface area contributed by atoms with Crippen LogP contribution in [-0.4, -0.2) is 45.6 Å². The van der Waals surface area contributed by atoms with E-state index in [-0.39, 0.29) is 17.4 Å². The molecule has 1 radical (unpaired) electrons. The molecule has 1 atom stereocenters. The monoisotopic (exact) mass is 625 g/mol. The number of ether oxygens (including phenoxy) is 1. The van der Waals surface area contributed by atoms with Crippen molar-refractivity contribution < 1.29 is 27.4 Å². The molecule has 4 rings (SSSR count). The summed E-state index contributed by atoms with van der Waals surface area (Å²) in [4.78, 5) is 1.99. The summed E-state index contributed by atoms with van der Waals surface area (Å²) in [6.45, 7) is 18.6. The zero-order valence-corrected chi connectivity index (χ0v) is 26.5. The molecule has 2 aliphatic rings. The number of rotatable bonds is 11. The number of phenols is 1. The van der Waals surface area contributed by atoms with Crippen molar-refractivity contribution in [1.29, 1.82) is 0 Å². The molecule has 0 bridgehead atoms. The number of aromatic hydroxyl groups is 1. The van der Waals surface area contributed by atoms with E-state index in [4.69, 9.17) is 18.3 Å². The Balaban J connectivity index is 0.00000102. The number of alkyl halides is 3. The number of nitrogens with two attached hydrogens (primary N) is 1. The summed E-state index contributed by atoms with van der Waals surface area (Å²) in [6, 6.07) is 5.60. The van der Waals surface area contributed by atoms with Gasteiger partial charge in [-0.25, -0.2) is 9.07 Å². The van der Waals surface area contributed by atoms with Crippen LogP contribution >= 0.6 is 0 Å². The molecule has 11 heteroatoms. The number of hydrogen-bond acceptors (Lipinski definition) is 5. The van der Waals surface area contributed by atoms with Crippen LogP contribution in [0.25, 0.3) is 5.69 Å². The molecule has 1 aliphatic carbocycles. The average molecular weight is 626 g/mol. The minimum absolute atomic E-state index is 0.157. The molecular weight excluding hydrogens is 583 g/mol. The van der Waals surface area contributed by atoms with E-state index in [0.29, 0.717) is 36.7 Å². The van der Waals surface area contributed by atoms with Crippen LogP contribution in [0.1, 0.15) is 87.9 Å². The van der Waals surface area contributed by atoms with E-state index in [2.05, 4.69) is 31.4 Å². The van der Waals surface area contributed by atoms with E-state index in [1.54, 1.807) is 19.9 Å². The first kappa shape index (κ1) is 35.5. The number of fused-ring (bicyclic) bond motifs is 1. The summed E-state index contributed by atoms with van der Waals surface area (Å²) in [6.07, 6.45) is 3.08. The van der Waals surface area contributed by atoms with Gasteiger partial charge in [0.1, 0.15) is 11.4 Å². The van der Waals surface area contributed by atoms with Crippen LogP contribution in [0, 0.1) is 0 Å². The van der Waals surface area contributed by atoms with Gasteiger partial charge in [0.2, 0.25) is 0 Å². The number of nitrogens with zero attached hydrogens (tertiary/aromatic N) is 3. The molecule has 241 valence electrons. The Morgan fingerprint density at radius 2 is 1.89 bits per heavy atom.